The highest BCUT2D eigenvalue weighted by molar-refractivity contribution is 6.06. The van der Waals surface area contributed by atoms with Gasteiger partial charge in [0.15, 0.2) is 0 Å². The molecular weight excluding hydrogens is 240 g/mol. The highest BCUT2D eigenvalue weighted by Gasteiger charge is 2.08. The number of aryl methyl sites for hydroxylation is 1. The van der Waals surface area contributed by atoms with Crippen molar-refractivity contribution < 1.29 is 4.79 Å². The first-order valence-electron chi connectivity index (χ1n) is 5.87. The van der Waals surface area contributed by atoms with Gasteiger partial charge in [-0.1, -0.05) is 6.07 Å². The standard InChI is InChI=1S/C14H12N4O/c1-18-13-7-10(4-5-11(13)8-16-18)14(19)17-12-3-2-6-15-9-12/h2-9H,1H3,(H,17,19). The second kappa shape index (κ2) is 4.53. The Hall–Kier alpha value is -2.69. The molecule has 1 aromatic carbocycles. The molecule has 0 unspecified atom stereocenters. The number of hydrogen-bond acceptors (Lipinski definition) is 3. The number of benzene rings is 1. The zero-order chi connectivity index (χ0) is 13.2. The Kier molecular flexibility index (Phi) is 2.72. The molecule has 0 aliphatic rings. The Morgan fingerprint density at radius 3 is 2.95 bits per heavy atom. The lowest BCUT2D eigenvalue weighted by Gasteiger charge is -2.05. The molecule has 0 fully saturated rings. The van der Waals surface area contributed by atoms with Crippen molar-refractivity contribution in [3.63, 3.8) is 0 Å². The number of nitrogens with one attached hydrogen (secondary N) is 1. The Morgan fingerprint density at radius 2 is 2.16 bits per heavy atom. The molecule has 0 spiro atoms. The van der Waals surface area contributed by atoms with E-state index in [0.29, 0.717) is 11.3 Å². The van der Waals surface area contributed by atoms with Crippen molar-refractivity contribution in [1.29, 1.82) is 0 Å². The smallest absolute Gasteiger partial charge is 0.255 e. The minimum absolute atomic E-state index is 0.156. The predicted molar refractivity (Wildman–Crippen MR) is 72.9 cm³/mol. The first kappa shape index (κ1) is 11.4. The third-order valence-corrected chi connectivity index (χ3v) is 2.93. The van der Waals surface area contributed by atoms with Crippen LogP contribution in [0.4, 0.5) is 5.69 Å². The molecule has 5 nitrogen and oxygen atoms in total. The van der Waals surface area contributed by atoms with Crippen LogP contribution in [0.25, 0.3) is 10.9 Å². The van der Waals surface area contributed by atoms with Crippen molar-refractivity contribution in [1.82, 2.24) is 14.8 Å². The van der Waals surface area contributed by atoms with E-state index in [9.17, 15) is 4.79 Å². The molecule has 5 heteroatoms. The van der Waals surface area contributed by atoms with E-state index in [-0.39, 0.29) is 5.91 Å². The van der Waals surface area contributed by atoms with Crippen LogP contribution in [0.3, 0.4) is 0 Å². The van der Waals surface area contributed by atoms with Crippen LogP contribution in [0.15, 0.2) is 48.9 Å². The summed E-state index contributed by atoms with van der Waals surface area (Å²) in [6, 6.07) is 9.08. The molecule has 1 N–H and O–H groups in total. The number of hydrogen-bond donors (Lipinski definition) is 1. The molecule has 0 aliphatic heterocycles. The first-order valence-corrected chi connectivity index (χ1v) is 5.87. The third kappa shape index (κ3) is 2.18. The molecule has 0 atom stereocenters. The van der Waals surface area contributed by atoms with E-state index in [1.165, 1.54) is 0 Å². The van der Waals surface area contributed by atoms with Gasteiger partial charge in [0.25, 0.3) is 5.91 Å². The average molecular weight is 252 g/mol. The maximum absolute atomic E-state index is 12.1. The van der Waals surface area contributed by atoms with Crippen LogP contribution in [0, 0.1) is 0 Å². The number of rotatable bonds is 2. The zero-order valence-electron chi connectivity index (χ0n) is 10.4. The van der Waals surface area contributed by atoms with Crippen LogP contribution in [0.2, 0.25) is 0 Å². The number of pyridine rings is 1. The number of anilines is 1. The summed E-state index contributed by atoms with van der Waals surface area (Å²) in [6.45, 7) is 0. The Bertz CT molecular complexity index is 734. The van der Waals surface area contributed by atoms with Crippen LogP contribution in [0.5, 0.6) is 0 Å². The molecule has 0 aliphatic carbocycles. The lowest BCUT2D eigenvalue weighted by Crippen LogP contribution is -2.12. The molecule has 3 rings (SSSR count). The zero-order valence-corrected chi connectivity index (χ0v) is 10.4. The molecule has 0 bridgehead atoms. The van der Waals surface area contributed by atoms with Crippen LogP contribution < -0.4 is 5.32 Å². The Balaban J connectivity index is 1.91. The van der Waals surface area contributed by atoms with Crippen molar-refractivity contribution in [3.05, 3.63) is 54.5 Å². The summed E-state index contributed by atoms with van der Waals surface area (Å²) in [5.74, 6) is -0.156. The first-order chi connectivity index (χ1) is 9.24. The van der Waals surface area contributed by atoms with Crippen molar-refractivity contribution >= 4 is 22.5 Å². The van der Waals surface area contributed by atoms with E-state index in [0.717, 1.165) is 10.9 Å². The van der Waals surface area contributed by atoms with Crippen molar-refractivity contribution in [2.75, 3.05) is 5.32 Å². The summed E-state index contributed by atoms with van der Waals surface area (Å²) in [6.07, 6.45) is 5.05. The molecule has 1 amide bonds. The fourth-order valence-electron chi connectivity index (χ4n) is 1.93. The van der Waals surface area contributed by atoms with Crippen LogP contribution in [0.1, 0.15) is 10.4 Å². The van der Waals surface area contributed by atoms with E-state index in [2.05, 4.69) is 15.4 Å². The molecule has 0 radical (unpaired) electrons. The lowest BCUT2D eigenvalue weighted by atomic mass is 10.1. The van der Waals surface area contributed by atoms with Gasteiger partial charge in [0.2, 0.25) is 0 Å². The maximum Gasteiger partial charge on any atom is 0.255 e. The minimum atomic E-state index is -0.156. The van der Waals surface area contributed by atoms with Gasteiger partial charge in [0.1, 0.15) is 0 Å². The molecule has 0 saturated heterocycles. The number of amides is 1. The summed E-state index contributed by atoms with van der Waals surface area (Å²) >= 11 is 0. The van der Waals surface area contributed by atoms with Gasteiger partial charge in [-0.25, -0.2) is 0 Å². The molecule has 19 heavy (non-hydrogen) atoms. The number of nitrogens with zero attached hydrogens (tertiary/aromatic N) is 3. The summed E-state index contributed by atoms with van der Waals surface area (Å²) in [7, 11) is 1.85. The third-order valence-electron chi connectivity index (χ3n) is 2.93. The van der Waals surface area contributed by atoms with E-state index >= 15 is 0 Å². The molecular formula is C14H12N4O. The highest BCUT2D eigenvalue weighted by Crippen LogP contribution is 2.16. The van der Waals surface area contributed by atoms with Gasteiger partial charge in [-0.3, -0.25) is 14.5 Å². The molecule has 0 saturated carbocycles. The predicted octanol–water partition coefficient (Wildman–Crippen LogP) is 2.22. The van der Waals surface area contributed by atoms with Crippen molar-refractivity contribution in [3.8, 4) is 0 Å². The SMILES string of the molecule is Cn1ncc2ccc(C(=O)Nc3cccnc3)cc21. The van der Waals surface area contributed by atoms with E-state index in [1.807, 2.05) is 19.2 Å². The van der Waals surface area contributed by atoms with Gasteiger partial charge >= 0.3 is 0 Å². The van der Waals surface area contributed by atoms with Gasteiger partial charge in [-0.2, -0.15) is 5.10 Å². The topological polar surface area (TPSA) is 59.8 Å². The summed E-state index contributed by atoms with van der Waals surface area (Å²) in [5.41, 5.74) is 2.20. The van der Waals surface area contributed by atoms with Crippen LogP contribution >= 0.6 is 0 Å². The number of fused-ring (bicyclic) bond motifs is 1. The summed E-state index contributed by atoms with van der Waals surface area (Å²) in [4.78, 5) is 16.1. The fraction of sp³-hybridized carbons (Fsp3) is 0.0714. The quantitative estimate of drug-likeness (QED) is 0.760. The number of carbonyl (C=O) groups excluding carboxylic acids is 1. The molecule has 94 valence electrons. The summed E-state index contributed by atoms with van der Waals surface area (Å²) < 4.78 is 1.75. The fourth-order valence-corrected chi connectivity index (χ4v) is 1.93. The molecule has 2 heterocycles. The maximum atomic E-state index is 12.1. The molecule has 2 aromatic heterocycles. The Morgan fingerprint density at radius 1 is 1.26 bits per heavy atom. The van der Waals surface area contributed by atoms with E-state index in [1.54, 1.807) is 41.5 Å². The average Bonchev–Trinajstić information content (AvgIpc) is 2.81. The van der Waals surface area contributed by atoms with Crippen LogP contribution in [-0.2, 0) is 7.05 Å². The molecule has 3 aromatic rings. The second-order valence-corrected chi connectivity index (χ2v) is 4.24. The summed E-state index contributed by atoms with van der Waals surface area (Å²) in [5, 5.41) is 7.97. The number of aromatic nitrogens is 3. The van der Waals surface area contributed by atoms with Crippen LogP contribution in [-0.4, -0.2) is 20.7 Å². The van der Waals surface area contributed by atoms with Crippen molar-refractivity contribution in [2.24, 2.45) is 7.05 Å². The van der Waals surface area contributed by atoms with Crippen molar-refractivity contribution in [2.45, 2.75) is 0 Å². The second-order valence-electron chi connectivity index (χ2n) is 4.24. The number of carbonyl (C=O) groups is 1. The lowest BCUT2D eigenvalue weighted by molar-refractivity contribution is 0.102. The highest BCUT2D eigenvalue weighted by atomic mass is 16.1. The normalized spacial score (nSPS) is 10.6. The van der Waals surface area contributed by atoms with Gasteiger partial charge in [-0.15, -0.1) is 0 Å². The van der Waals surface area contributed by atoms with Gasteiger partial charge in [0.05, 0.1) is 23.6 Å². The van der Waals surface area contributed by atoms with Gasteiger partial charge in [-0.05, 0) is 24.3 Å². The Labute approximate surface area is 109 Å². The van der Waals surface area contributed by atoms with Gasteiger partial charge < -0.3 is 5.32 Å². The monoisotopic (exact) mass is 252 g/mol. The van der Waals surface area contributed by atoms with E-state index in [4.69, 9.17) is 0 Å². The van der Waals surface area contributed by atoms with E-state index < -0.39 is 0 Å². The minimum Gasteiger partial charge on any atom is -0.321 e. The largest absolute Gasteiger partial charge is 0.321 e. The van der Waals surface area contributed by atoms with Gasteiger partial charge in [0, 0.05) is 24.2 Å².